The lowest BCUT2D eigenvalue weighted by Gasteiger charge is -2.17. The molecule has 0 spiro atoms. The molecule has 0 atom stereocenters. The highest BCUT2D eigenvalue weighted by Crippen LogP contribution is 2.32. The van der Waals surface area contributed by atoms with E-state index in [0.717, 1.165) is 44.8 Å². The summed E-state index contributed by atoms with van der Waals surface area (Å²) in [5, 5.41) is 19.5. The van der Waals surface area contributed by atoms with Crippen LogP contribution in [0.3, 0.4) is 0 Å². The Kier molecular flexibility index (Phi) is 8.33. The van der Waals surface area contributed by atoms with Gasteiger partial charge >= 0.3 is 0 Å². The van der Waals surface area contributed by atoms with E-state index >= 15 is 0 Å². The quantitative estimate of drug-likeness (QED) is 0.152. The van der Waals surface area contributed by atoms with Crippen molar-refractivity contribution >= 4 is 78.3 Å². The van der Waals surface area contributed by atoms with Crippen molar-refractivity contribution in [3.8, 4) is 5.69 Å². The van der Waals surface area contributed by atoms with Gasteiger partial charge in [0.15, 0.2) is 0 Å². The van der Waals surface area contributed by atoms with Gasteiger partial charge in [-0.1, -0.05) is 53.5 Å². The maximum Gasteiger partial charge on any atom is 0.282 e. The number of hydrogen-bond donors (Lipinski definition) is 2. The highest BCUT2D eigenvalue weighted by atomic mass is 35.5. The number of nitrogens with zero attached hydrogens (tertiary/aromatic N) is 3. The van der Waals surface area contributed by atoms with Crippen LogP contribution in [0.2, 0.25) is 10.0 Å². The molecule has 0 aliphatic carbocycles. The molecule has 2 N–H and O–H groups in total. The zero-order valence-corrected chi connectivity index (χ0v) is 26.5. The Hall–Kier alpha value is -4.70. The van der Waals surface area contributed by atoms with Gasteiger partial charge < -0.3 is 15.7 Å². The second-order valence-corrected chi connectivity index (χ2v) is 13.0. The molecule has 0 bridgehead atoms. The molecule has 0 saturated heterocycles. The van der Waals surface area contributed by atoms with E-state index in [-0.39, 0.29) is 16.5 Å². The number of anilines is 3. The molecule has 0 amide bonds. The van der Waals surface area contributed by atoms with Gasteiger partial charge in [0, 0.05) is 57.5 Å². The molecule has 0 fully saturated rings. The number of nitrogens with one attached hydrogen (secondary N) is 2. The van der Waals surface area contributed by atoms with Crippen molar-refractivity contribution in [2.45, 2.75) is 24.8 Å². The lowest BCUT2D eigenvalue weighted by Crippen LogP contribution is -2.33. The van der Waals surface area contributed by atoms with Crippen LogP contribution in [-0.2, 0) is 10.0 Å². The zero-order valence-electron chi connectivity index (χ0n) is 24.2. The van der Waals surface area contributed by atoms with Crippen LogP contribution in [-0.4, -0.2) is 25.3 Å². The van der Waals surface area contributed by atoms with Crippen molar-refractivity contribution in [3.63, 3.8) is 0 Å². The van der Waals surface area contributed by atoms with E-state index in [2.05, 4.69) is 51.6 Å². The highest BCUT2D eigenvalue weighted by molar-refractivity contribution is 7.90. The molecule has 0 unspecified atom stereocenters. The molecule has 2 heterocycles. The summed E-state index contributed by atoms with van der Waals surface area (Å²) in [5.74, 6) is -0.675. The largest absolute Gasteiger partial charge is 0.858 e. The lowest BCUT2D eigenvalue weighted by molar-refractivity contribution is -0.538. The third-order valence-corrected chi connectivity index (χ3v) is 8.79. The van der Waals surface area contributed by atoms with Gasteiger partial charge in [-0.2, -0.15) is 12.8 Å². The highest BCUT2D eigenvalue weighted by Gasteiger charge is 2.23. The minimum atomic E-state index is -3.68. The van der Waals surface area contributed by atoms with Crippen LogP contribution in [0.4, 0.5) is 17.1 Å². The minimum absolute atomic E-state index is 0.00926. The first-order valence-electron chi connectivity index (χ1n) is 14.0. The zero-order chi connectivity index (χ0) is 31.7. The summed E-state index contributed by atoms with van der Waals surface area (Å²) >= 11 is 12.3. The molecular weight excluding hydrogens is 629 g/mol. The van der Waals surface area contributed by atoms with E-state index in [4.69, 9.17) is 28.2 Å². The molecule has 0 saturated carbocycles. The number of benzene rings is 5. The molecule has 1 aliphatic heterocycles. The summed E-state index contributed by atoms with van der Waals surface area (Å²) < 4.78 is 27.4. The Bertz CT molecular complexity index is 2190. The normalized spacial score (nSPS) is 13.2. The van der Waals surface area contributed by atoms with E-state index < -0.39 is 15.9 Å². The summed E-state index contributed by atoms with van der Waals surface area (Å²) in [6.07, 6.45) is 0. The Morgan fingerprint density at radius 1 is 0.756 bits per heavy atom. The first-order valence-corrected chi connectivity index (χ1v) is 16.2. The van der Waals surface area contributed by atoms with Crippen LogP contribution in [0, 0.1) is 0 Å². The molecule has 11 heteroatoms. The molecule has 0 radical (unpaired) electrons. The fourth-order valence-corrected chi connectivity index (χ4v) is 6.37. The van der Waals surface area contributed by atoms with Crippen molar-refractivity contribution in [3.05, 3.63) is 125 Å². The van der Waals surface area contributed by atoms with Crippen molar-refractivity contribution in [2.24, 2.45) is 4.40 Å². The van der Waals surface area contributed by atoms with E-state index in [1.54, 1.807) is 12.1 Å². The minimum Gasteiger partial charge on any atom is -0.858 e. The first-order chi connectivity index (χ1) is 21.6. The van der Waals surface area contributed by atoms with Crippen LogP contribution >= 0.6 is 23.2 Å². The number of aromatic nitrogens is 2. The SMILES string of the molecule is CC(C)Nc1cc2c(cc1Nc1ccc(Cl)cc1)nc1ccccc1[n+]2-c1ccc(Cl)cc1.O=S1(=O)N=C([O-])c2ccccc21. The number of fused-ring (bicyclic) bond motifs is 3. The molecule has 1 aliphatic rings. The molecule has 6 aromatic rings. The smallest absolute Gasteiger partial charge is 0.282 e. The molecule has 8 nitrogen and oxygen atoms in total. The Morgan fingerprint density at radius 3 is 2.09 bits per heavy atom. The standard InChI is InChI=1S/C27H22Cl2N4.C7H5NO3S/c1-17(2)30-24-16-27-25(15-23(24)31-20-11-7-18(28)8-12-20)32-22-5-3-4-6-26(22)33(27)21-13-9-19(29)10-14-21;9-7-5-3-1-2-4-6(5)12(10,11)8-7/h3-17H,1-2H3,(H,31,32);1-4H,(H,8,9). The van der Waals surface area contributed by atoms with E-state index in [1.165, 1.54) is 12.1 Å². The Balaban J connectivity index is 0.000000248. The van der Waals surface area contributed by atoms with Crippen molar-refractivity contribution in [1.82, 2.24) is 4.98 Å². The predicted molar refractivity (Wildman–Crippen MR) is 179 cm³/mol. The van der Waals surface area contributed by atoms with Gasteiger partial charge in [-0.25, -0.2) is 4.98 Å². The fraction of sp³-hybridized carbons (Fsp3) is 0.0882. The number of para-hydroxylation sites is 2. The molecule has 5 aromatic carbocycles. The maximum atomic E-state index is 11.1. The van der Waals surface area contributed by atoms with Gasteiger partial charge in [0.25, 0.3) is 10.0 Å². The first kappa shape index (κ1) is 30.3. The van der Waals surface area contributed by atoms with Crippen molar-refractivity contribution < 1.29 is 18.1 Å². The van der Waals surface area contributed by atoms with Crippen LogP contribution < -0.4 is 20.3 Å². The third kappa shape index (κ3) is 6.42. The van der Waals surface area contributed by atoms with Crippen molar-refractivity contribution in [1.29, 1.82) is 0 Å². The van der Waals surface area contributed by atoms with Crippen LogP contribution in [0.1, 0.15) is 19.4 Å². The van der Waals surface area contributed by atoms with E-state index in [9.17, 15) is 13.5 Å². The fourth-order valence-electron chi connectivity index (χ4n) is 5.02. The molecular formula is C34H27Cl2N5O3S. The Morgan fingerprint density at radius 2 is 1.40 bits per heavy atom. The molecule has 1 aromatic heterocycles. The molecule has 7 rings (SSSR count). The monoisotopic (exact) mass is 655 g/mol. The van der Waals surface area contributed by atoms with Gasteiger partial charge in [-0.15, -0.1) is 4.57 Å². The number of halogens is 2. The Labute approximate surface area is 270 Å². The second kappa shape index (κ2) is 12.4. The van der Waals surface area contributed by atoms with Crippen LogP contribution in [0.5, 0.6) is 0 Å². The summed E-state index contributed by atoms with van der Waals surface area (Å²) in [7, 11) is -3.68. The summed E-state index contributed by atoms with van der Waals surface area (Å²) in [5.41, 5.74) is 7.92. The van der Waals surface area contributed by atoms with Crippen molar-refractivity contribution in [2.75, 3.05) is 10.6 Å². The maximum absolute atomic E-state index is 11.1. The van der Waals surface area contributed by atoms with Gasteiger partial charge in [0.05, 0.1) is 16.3 Å². The van der Waals surface area contributed by atoms with Gasteiger partial charge in [0.2, 0.25) is 16.7 Å². The van der Waals surface area contributed by atoms with Gasteiger partial charge in [-0.05, 0) is 68.4 Å². The number of hydrogen-bond acceptors (Lipinski definition) is 6. The van der Waals surface area contributed by atoms with Crippen LogP contribution in [0.15, 0.2) is 118 Å². The molecule has 45 heavy (non-hydrogen) atoms. The second-order valence-electron chi connectivity index (χ2n) is 10.6. The molecule has 226 valence electrons. The number of rotatable bonds is 5. The average Bonchev–Trinajstić information content (AvgIpc) is 3.26. The van der Waals surface area contributed by atoms with E-state index in [0.29, 0.717) is 10.0 Å². The number of sulfonamides is 1. The van der Waals surface area contributed by atoms with Gasteiger partial charge in [0.1, 0.15) is 11.0 Å². The van der Waals surface area contributed by atoms with Crippen LogP contribution in [0.25, 0.3) is 27.8 Å². The summed E-state index contributed by atoms with van der Waals surface area (Å²) in [6.45, 7) is 4.25. The topological polar surface area (TPSA) is 110 Å². The summed E-state index contributed by atoms with van der Waals surface area (Å²) in [4.78, 5) is 4.99. The average molecular weight is 657 g/mol. The predicted octanol–water partition coefficient (Wildman–Crippen LogP) is 7.03. The third-order valence-electron chi connectivity index (χ3n) is 6.97. The van der Waals surface area contributed by atoms with E-state index in [1.807, 2.05) is 66.7 Å². The summed E-state index contributed by atoms with van der Waals surface area (Å²) in [6, 6.07) is 34.2. The van der Waals surface area contributed by atoms with Gasteiger partial charge in [-0.3, -0.25) is 0 Å². The lowest BCUT2D eigenvalue weighted by atomic mass is 10.1.